The Morgan fingerprint density at radius 3 is 2.71 bits per heavy atom. The fourth-order valence-corrected chi connectivity index (χ4v) is 2.65. The lowest BCUT2D eigenvalue weighted by Gasteiger charge is -2.21. The molecule has 1 aromatic carbocycles. The van der Waals surface area contributed by atoms with Crippen molar-refractivity contribution in [1.82, 2.24) is 5.32 Å². The first kappa shape index (κ1) is 16.3. The fraction of sp³-hybridized carbons (Fsp3) is 0.333. The molecule has 1 aromatic heterocycles. The van der Waals surface area contributed by atoms with Crippen molar-refractivity contribution in [2.45, 2.75) is 19.4 Å². The summed E-state index contributed by atoms with van der Waals surface area (Å²) >= 11 is 0. The Morgan fingerprint density at radius 1 is 1.12 bits per heavy atom. The first-order valence-electron chi connectivity index (χ1n) is 8.01. The molecule has 1 aliphatic heterocycles. The van der Waals surface area contributed by atoms with E-state index in [0.717, 1.165) is 18.4 Å². The summed E-state index contributed by atoms with van der Waals surface area (Å²) in [5.41, 5.74) is 1.59. The second-order valence-corrected chi connectivity index (χ2v) is 5.74. The van der Waals surface area contributed by atoms with Crippen molar-refractivity contribution in [2.24, 2.45) is 5.92 Å². The van der Waals surface area contributed by atoms with Crippen LogP contribution in [0.4, 0.5) is 5.69 Å². The highest BCUT2D eigenvalue weighted by molar-refractivity contribution is 6.02. The van der Waals surface area contributed by atoms with E-state index in [-0.39, 0.29) is 23.5 Å². The quantitative estimate of drug-likeness (QED) is 0.884. The highest BCUT2D eigenvalue weighted by atomic mass is 16.5. The molecule has 1 saturated heterocycles. The van der Waals surface area contributed by atoms with Gasteiger partial charge < -0.3 is 19.8 Å². The van der Waals surface area contributed by atoms with Crippen LogP contribution in [0, 0.1) is 5.92 Å². The van der Waals surface area contributed by atoms with Gasteiger partial charge in [-0.25, -0.2) is 0 Å². The summed E-state index contributed by atoms with van der Waals surface area (Å²) in [4.78, 5) is 24.1. The number of nitrogens with one attached hydrogen (secondary N) is 2. The monoisotopic (exact) mass is 328 g/mol. The van der Waals surface area contributed by atoms with Crippen LogP contribution < -0.4 is 10.6 Å². The SMILES string of the molecule is O=C(Nc1cccc(CNC(=O)C2CCOCC2)c1)c1ccco1. The van der Waals surface area contributed by atoms with Crippen molar-refractivity contribution in [3.8, 4) is 0 Å². The highest BCUT2D eigenvalue weighted by Gasteiger charge is 2.21. The largest absolute Gasteiger partial charge is 0.459 e. The molecule has 1 fully saturated rings. The number of anilines is 1. The summed E-state index contributed by atoms with van der Waals surface area (Å²) in [6.07, 6.45) is 2.99. The van der Waals surface area contributed by atoms with Crippen molar-refractivity contribution in [1.29, 1.82) is 0 Å². The Morgan fingerprint density at radius 2 is 1.96 bits per heavy atom. The zero-order valence-electron chi connectivity index (χ0n) is 13.3. The van der Waals surface area contributed by atoms with Crippen molar-refractivity contribution in [2.75, 3.05) is 18.5 Å². The smallest absolute Gasteiger partial charge is 0.291 e. The number of furan rings is 1. The normalized spacial score (nSPS) is 15.0. The number of rotatable bonds is 5. The zero-order valence-corrected chi connectivity index (χ0v) is 13.3. The molecule has 3 rings (SSSR count). The van der Waals surface area contributed by atoms with Crippen LogP contribution in [0.2, 0.25) is 0 Å². The standard InChI is InChI=1S/C18H20N2O4/c21-17(14-6-9-23-10-7-14)19-12-13-3-1-4-15(11-13)20-18(22)16-5-2-8-24-16/h1-5,8,11,14H,6-7,9-10,12H2,(H,19,21)(H,20,22). The molecule has 24 heavy (non-hydrogen) atoms. The maximum atomic E-state index is 12.1. The summed E-state index contributed by atoms with van der Waals surface area (Å²) in [5, 5.41) is 5.72. The molecular weight excluding hydrogens is 308 g/mol. The molecule has 0 saturated carbocycles. The van der Waals surface area contributed by atoms with Gasteiger partial charge in [0, 0.05) is 31.4 Å². The van der Waals surface area contributed by atoms with Gasteiger partial charge in [-0.3, -0.25) is 9.59 Å². The lowest BCUT2D eigenvalue weighted by molar-refractivity contribution is -0.128. The third kappa shape index (κ3) is 4.23. The van der Waals surface area contributed by atoms with Gasteiger partial charge in [0.2, 0.25) is 5.91 Å². The molecule has 6 nitrogen and oxygen atoms in total. The highest BCUT2D eigenvalue weighted by Crippen LogP contribution is 2.16. The molecular formula is C18H20N2O4. The van der Waals surface area contributed by atoms with E-state index in [2.05, 4.69) is 10.6 Å². The molecule has 0 spiro atoms. The van der Waals surface area contributed by atoms with E-state index in [1.165, 1.54) is 6.26 Å². The Hall–Kier alpha value is -2.60. The Bertz CT molecular complexity index is 691. The van der Waals surface area contributed by atoms with E-state index in [1.807, 2.05) is 18.2 Å². The maximum absolute atomic E-state index is 12.1. The maximum Gasteiger partial charge on any atom is 0.291 e. The number of carbonyl (C=O) groups excluding carboxylic acids is 2. The van der Waals surface area contributed by atoms with E-state index in [1.54, 1.807) is 18.2 Å². The molecule has 2 aromatic rings. The van der Waals surface area contributed by atoms with Gasteiger partial charge in [0.25, 0.3) is 5.91 Å². The van der Waals surface area contributed by atoms with Crippen LogP contribution >= 0.6 is 0 Å². The van der Waals surface area contributed by atoms with Crippen LogP contribution in [0.1, 0.15) is 29.0 Å². The van der Waals surface area contributed by atoms with E-state index in [0.29, 0.717) is 25.4 Å². The predicted octanol–water partition coefficient (Wildman–Crippen LogP) is 2.57. The summed E-state index contributed by atoms with van der Waals surface area (Å²) in [6, 6.07) is 10.7. The minimum Gasteiger partial charge on any atom is -0.459 e. The van der Waals surface area contributed by atoms with E-state index in [4.69, 9.17) is 9.15 Å². The zero-order chi connectivity index (χ0) is 16.8. The average Bonchev–Trinajstić information content (AvgIpc) is 3.15. The molecule has 126 valence electrons. The molecule has 0 unspecified atom stereocenters. The topological polar surface area (TPSA) is 80.6 Å². The van der Waals surface area contributed by atoms with Gasteiger partial charge in [-0.05, 0) is 42.7 Å². The number of benzene rings is 1. The summed E-state index contributed by atoms with van der Waals surface area (Å²) in [5.74, 6) is 0.0422. The molecule has 0 atom stereocenters. The first-order chi connectivity index (χ1) is 11.7. The van der Waals surface area contributed by atoms with Crippen LogP contribution in [-0.4, -0.2) is 25.0 Å². The molecule has 6 heteroatoms. The van der Waals surface area contributed by atoms with Crippen molar-refractivity contribution in [3.63, 3.8) is 0 Å². The number of amides is 2. The van der Waals surface area contributed by atoms with Crippen molar-refractivity contribution in [3.05, 3.63) is 54.0 Å². The van der Waals surface area contributed by atoms with E-state index < -0.39 is 0 Å². The average molecular weight is 328 g/mol. The molecule has 0 bridgehead atoms. The minimum atomic E-state index is -0.302. The number of ether oxygens (including phenoxy) is 1. The fourth-order valence-electron chi connectivity index (χ4n) is 2.65. The summed E-state index contributed by atoms with van der Waals surface area (Å²) in [6.45, 7) is 1.72. The Labute approximate surface area is 140 Å². The molecule has 0 aliphatic carbocycles. The van der Waals surface area contributed by atoms with Gasteiger partial charge >= 0.3 is 0 Å². The van der Waals surface area contributed by atoms with Crippen LogP contribution in [0.25, 0.3) is 0 Å². The van der Waals surface area contributed by atoms with Gasteiger partial charge in [-0.1, -0.05) is 12.1 Å². The summed E-state index contributed by atoms with van der Waals surface area (Å²) < 4.78 is 10.3. The number of hydrogen-bond acceptors (Lipinski definition) is 4. The lowest BCUT2D eigenvalue weighted by Crippen LogP contribution is -2.33. The summed E-state index contributed by atoms with van der Waals surface area (Å²) in [7, 11) is 0. The van der Waals surface area contributed by atoms with Gasteiger partial charge in [-0.2, -0.15) is 0 Å². The van der Waals surface area contributed by atoms with Crippen LogP contribution in [0.3, 0.4) is 0 Å². The minimum absolute atomic E-state index is 0.0283. The molecule has 2 heterocycles. The molecule has 1 aliphatic rings. The van der Waals surface area contributed by atoms with Gasteiger partial charge in [0.15, 0.2) is 5.76 Å². The number of hydrogen-bond donors (Lipinski definition) is 2. The van der Waals surface area contributed by atoms with Crippen LogP contribution in [-0.2, 0) is 16.1 Å². The third-order valence-corrected chi connectivity index (χ3v) is 3.99. The van der Waals surface area contributed by atoms with E-state index >= 15 is 0 Å². The van der Waals surface area contributed by atoms with Crippen LogP contribution in [0.5, 0.6) is 0 Å². The Balaban J connectivity index is 1.55. The molecule has 2 N–H and O–H groups in total. The van der Waals surface area contributed by atoms with Gasteiger partial charge in [0.05, 0.1) is 6.26 Å². The molecule has 2 amide bonds. The Kier molecular flexibility index (Phi) is 5.28. The third-order valence-electron chi connectivity index (χ3n) is 3.99. The lowest BCUT2D eigenvalue weighted by atomic mass is 9.99. The van der Waals surface area contributed by atoms with Gasteiger partial charge in [0.1, 0.15) is 0 Å². The van der Waals surface area contributed by atoms with Gasteiger partial charge in [-0.15, -0.1) is 0 Å². The van der Waals surface area contributed by atoms with E-state index in [9.17, 15) is 9.59 Å². The second-order valence-electron chi connectivity index (χ2n) is 5.74. The second kappa shape index (κ2) is 7.79. The first-order valence-corrected chi connectivity index (χ1v) is 8.01. The predicted molar refractivity (Wildman–Crippen MR) is 88.5 cm³/mol. The van der Waals surface area contributed by atoms with Crippen molar-refractivity contribution < 1.29 is 18.7 Å². The number of carbonyl (C=O) groups is 2. The molecule has 0 radical (unpaired) electrons. The van der Waals surface area contributed by atoms with Crippen LogP contribution in [0.15, 0.2) is 47.1 Å². The van der Waals surface area contributed by atoms with Crippen molar-refractivity contribution >= 4 is 17.5 Å².